The molecule has 1 aromatic rings. The molecule has 3 aliphatic rings. The van der Waals surface area contributed by atoms with Crippen molar-refractivity contribution in [2.45, 2.75) is 37.1 Å². The first-order valence-electron chi connectivity index (χ1n) is 8.86. The maximum Gasteiger partial charge on any atom is 0.379 e. The Balaban J connectivity index is 1.55. The van der Waals surface area contributed by atoms with Crippen LogP contribution < -0.4 is 5.32 Å². The first-order valence-corrected chi connectivity index (χ1v) is 8.86. The Hall–Kier alpha value is -2.98. The van der Waals surface area contributed by atoms with E-state index in [2.05, 4.69) is 5.32 Å². The van der Waals surface area contributed by atoms with Crippen LogP contribution in [0.4, 0.5) is 0 Å². The number of benzene rings is 1. The van der Waals surface area contributed by atoms with Crippen molar-refractivity contribution in [3.8, 4) is 5.75 Å². The first kappa shape index (κ1) is 18.4. The maximum absolute atomic E-state index is 12.7. The standard InChI is InChI=1S/C18H18N2O8/c21-8-1-2-10(11(5-8)15(24)25)14(23)19-13-7-20(13)17(28)18(20)4-3-9(22)6-12(18)16(26)27/h1-2,5,9,12-13,22H,3-4,6-7H2,(H3-,19,21,23,24,25,26,27)/p+1. The third kappa shape index (κ3) is 2.28. The van der Waals surface area contributed by atoms with E-state index >= 15 is 0 Å². The van der Waals surface area contributed by atoms with Gasteiger partial charge in [0.05, 0.1) is 17.2 Å². The zero-order chi connectivity index (χ0) is 20.4. The van der Waals surface area contributed by atoms with E-state index < -0.39 is 41.6 Å². The predicted octanol–water partition coefficient (Wildman–Crippen LogP) is -0.499. The van der Waals surface area contributed by atoms with Gasteiger partial charge in [-0.1, -0.05) is 0 Å². The smallest absolute Gasteiger partial charge is 0.379 e. The van der Waals surface area contributed by atoms with Gasteiger partial charge in [-0.05, 0) is 31.0 Å². The fraction of sp³-hybridized carbons (Fsp3) is 0.444. The molecule has 28 heavy (non-hydrogen) atoms. The van der Waals surface area contributed by atoms with Gasteiger partial charge >= 0.3 is 17.8 Å². The van der Waals surface area contributed by atoms with Crippen LogP contribution in [0.1, 0.15) is 40.0 Å². The molecule has 1 aliphatic carbocycles. The summed E-state index contributed by atoms with van der Waals surface area (Å²) in [4.78, 5) is 48.2. The van der Waals surface area contributed by atoms with Crippen LogP contribution in [0, 0.1) is 5.92 Å². The van der Waals surface area contributed by atoms with Crippen molar-refractivity contribution in [2.75, 3.05) is 6.54 Å². The molecule has 0 bridgehead atoms. The fourth-order valence-electron chi connectivity index (χ4n) is 4.83. The number of phenols is 1. The number of aliphatic hydroxyl groups is 1. The van der Waals surface area contributed by atoms with E-state index in [9.17, 15) is 39.6 Å². The van der Waals surface area contributed by atoms with Gasteiger partial charge in [0.25, 0.3) is 5.91 Å². The number of hydrogen-bond acceptors (Lipinski definition) is 6. The number of aliphatic hydroxyl groups excluding tert-OH is 1. The maximum atomic E-state index is 12.7. The molecule has 5 unspecified atom stereocenters. The van der Waals surface area contributed by atoms with E-state index in [0.29, 0.717) is 6.42 Å². The number of aromatic carboxylic acids is 1. The number of carbonyl (C=O) groups excluding carboxylic acids is 2. The highest BCUT2D eigenvalue weighted by atomic mass is 16.4. The summed E-state index contributed by atoms with van der Waals surface area (Å²) in [6.07, 6.45) is -0.869. The number of fused-ring (bicyclic) bond motifs is 1. The molecule has 2 heterocycles. The predicted molar refractivity (Wildman–Crippen MR) is 90.2 cm³/mol. The van der Waals surface area contributed by atoms with E-state index in [1.165, 1.54) is 12.1 Å². The Morgan fingerprint density at radius 3 is 2.54 bits per heavy atom. The van der Waals surface area contributed by atoms with Crippen LogP contribution in [0.2, 0.25) is 0 Å². The highest BCUT2D eigenvalue weighted by molar-refractivity contribution is 6.06. The van der Waals surface area contributed by atoms with Crippen molar-refractivity contribution in [3.05, 3.63) is 29.3 Å². The second-order valence-corrected chi connectivity index (χ2v) is 7.62. The minimum absolute atomic E-state index is 0.0110. The van der Waals surface area contributed by atoms with Crippen LogP contribution in [0.15, 0.2) is 18.2 Å². The average molecular weight is 391 g/mol. The molecule has 2 aliphatic heterocycles. The van der Waals surface area contributed by atoms with E-state index in [1.807, 2.05) is 0 Å². The lowest BCUT2D eigenvalue weighted by Crippen LogP contribution is -2.44. The summed E-state index contributed by atoms with van der Waals surface area (Å²) < 4.78 is -0.164. The van der Waals surface area contributed by atoms with Crippen molar-refractivity contribution in [2.24, 2.45) is 5.92 Å². The molecule has 10 nitrogen and oxygen atoms in total. The minimum atomic E-state index is -1.38. The lowest BCUT2D eigenvalue weighted by atomic mass is 9.77. The van der Waals surface area contributed by atoms with Crippen LogP contribution in [0.25, 0.3) is 0 Å². The van der Waals surface area contributed by atoms with Crippen molar-refractivity contribution < 1.29 is 44.1 Å². The van der Waals surface area contributed by atoms with Gasteiger partial charge < -0.3 is 20.4 Å². The molecule has 2 amide bonds. The number of carboxylic acid groups (broad SMARTS) is 2. The number of quaternary nitrogens is 1. The Morgan fingerprint density at radius 1 is 1.18 bits per heavy atom. The molecular weight excluding hydrogens is 372 g/mol. The first-order chi connectivity index (χ1) is 13.1. The Labute approximate surface area is 158 Å². The number of aromatic hydroxyl groups is 1. The van der Waals surface area contributed by atoms with E-state index in [1.54, 1.807) is 0 Å². The van der Waals surface area contributed by atoms with Gasteiger partial charge in [0.15, 0.2) is 6.54 Å². The lowest BCUT2D eigenvalue weighted by Gasteiger charge is -2.27. The average Bonchev–Trinajstić information content (AvgIpc) is 3.47. The topological polar surface area (TPSA) is 161 Å². The summed E-state index contributed by atoms with van der Waals surface area (Å²) in [6.45, 7) is 0.241. The van der Waals surface area contributed by atoms with Crippen LogP contribution in [0.5, 0.6) is 5.75 Å². The number of carboxylic acids is 2. The largest absolute Gasteiger partial charge is 0.508 e. The molecule has 0 aromatic heterocycles. The quantitative estimate of drug-likeness (QED) is 0.339. The summed E-state index contributed by atoms with van der Waals surface area (Å²) in [5.74, 6) is -4.82. The second kappa shape index (κ2) is 5.76. The monoisotopic (exact) mass is 391 g/mol. The molecule has 5 atom stereocenters. The zero-order valence-corrected chi connectivity index (χ0v) is 14.7. The summed E-state index contributed by atoms with van der Waals surface area (Å²) in [5, 5.41) is 40.6. The van der Waals surface area contributed by atoms with Crippen LogP contribution >= 0.6 is 0 Å². The second-order valence-electron chi connectivity index (χ2n) is 7.62. The fourth-order valence-corrected chi connectivity index (χ4v) is 4.83. The Kier molecular flexibility index (Phi) is 3.78. The van der Waals surface area contributed by atoms with Gasteiger partial charge in [-0.3, -0.25) is 14.9 Å². The highest BCUT2D eigenvalue weighted by Gasteiger charge is 2.96. The molecule has 1 aromatic carbocycles. The third-order valence-corrected chi connectivity index (χ3v) is 6.27. The number of nitrogens with zero attached hydrogens (tertiary/aromatic N) is 1. The number of aliphatic carboxylic acids is 1. The van der Waals surface area contributed by atoms with Crippen LogP contribution in [0.3, 0.4) is 0 Å². The van der Waals surface area contributed by atoms with Gasteiger partial charge in [-0.25, -0.2) is 14.1 Å². The highest BCUT2D eigenvalue weighted by Crippen LogP contribution is 2.64. The van der Waals surface area contributed by atoms with Crippen molar-refractivity contribution >= 4 is 23.8 Å². The summed E-state index contributed by atoms with van der Waals surface area (Å²) in [5.41, 5.74) is -1.67. The molecule has 1 saturated carbocycles. The Bertz CT molecular complexity index is 930. The van der Waals surface area contributed by atoms with E-state index in [-0.39, 0.29) is 46.7 Å². The number of rotatable bonds is 4. The number of amides is 2. The lowest BCUT2D eigenvalue weighted by molar-refractivity contribution is -0.677. The van der Waals surface area contributed by atoms with Gasteiger partial charge in [0, 0.05) is 6.42 Å². The third-order valence-electron chi connectivity index (χ3n) is 6.27. The number of hydrogen-bond donors (Lipinski definition) is 5. The molecular formula is C18H19N2O8+. The van der Waals surface area contributed by atoms with Crippen molar-refractivity contribution in [1.82, 2.24) is 5.32 Å². The molecule has 0 radical (unpaired) electrons. The van der Waals surface area contributed by atoms with Gasteiger partial charge in [-0.15, -0.1) is 0 Å². The van der Waals surface area contributed by atoms with E-state index in [0.717, 1.165) is 6.07 Å². The van der Waals surface area contributed by atoms with Crippen LogP contribution in [-0.2, 0) is 9.59 Å². The number of carbonyl (C=O) groups is 4. The minimum Gasteiger partial charge on any atom is -0.508 e. The molecule has 5 N–H and O–H groups in total. The summed E-state index contributed by atoms with van der Waals surface area (Å²) in [7, 11) is 0. The van der Waals surface area contributed by atoms with E-state index in [4.69, 9.17) is 0 Å². The summed E-state index contributed by atoms with van der Waals surface area (Å²) >= 11 is 0. The molecule has 3 fully saturated rings. The number of phenolic OH excluding ortho intramolecular Hbond substituents is 1. The normalized spacial score (nSPS) is 35.6. The number of nitrogens with one attached hydrogen (secondary N) is 1. The molecule has 2 saturated heterocycles. The molecule has 4 rings (SSSR count). The Morgan fingerprint density at radius 2 is 1.89 bits per heavy atom. The molecule has 148 valence electrons. The molecule has 2 spiro atoms. The SMILES string of the molecule is O=C(O)c1cc(O)ccc1C(=O)NC1C[N+]12C(=O)C21CCC(O)CC1C(=O)O. The summed E-state index contributed by atoms with van der Waals surface area (Å²) in [6, 6.07) is 3.32. The molecule has 10 heteroatoms. The van der Waals surface area contributed by atoms with Crippen LogP contribution in [-0.4, -0.2) is 73.0 Å². The zero-order valence-electron chi connectivity index (χ0n) is 14.7. The van der Waals surface area contributed by atoms with Gasteiger partial charge in [-0.2, -0.15) is 0 Å². The van der Waals surface area contributed by atoms with Gasteiger partial charge in [0.2, 0.25) is 11.7 Å². The van der Waals surface area contributed by atoms with Gasteiger partial charge in [0.1, 0.15) is 11.7 Å². The van der Waals surface area contributed by atoms with Crippen molar-refractivity contribution in [3.63, 3.8) is 0 Å². The van der Waals surface area contributed by atoms with Crippen molar-refractivity contribution in [1.29, 1.82) is 0 Å².